The summed E-state index contributed by atoms with van der Waals surface area (Å²) in [4.78, 5) is 2.47. The Bertz CT molecular complexity index is 329. The van der Waals surface area contributed by atoms with E-state index in [-0.39, 0.29) is 0 Å². The van der Waals surface area contributed by atoms with Gasteiger partial charge in [-0.2, -0.15) is 0 Å². The molecule has 1 aromatic carbocycles. The average molecular weight is 224 g/mol. The summed E-state index contributed by atoms with van der Waals surface area (Å²) < 4.78 is 0. The highest BCUT2D eigenvalue weighted by Crippen LogP contribution is 2.26. The third kappa shape index (κ3) is 2.46. The summed E-state index contributed by atoms with van der Waals surface area (Å²) in [6.45, 7) is 4.50. The summed E-state index contributed by atoms with van der Waals surface area (Å²) in [5.41, 5.74) is 3.92. The smallest absolute Gasteiger partial charge is 0.0494 e. The zero-order valence-electron chi connectivity index (χ0n) is 9.30. The first-order valence-corrected chi connectivity index (χ1v) is 6.25. The number of benzene rings is 1. The Balaban J connectivity index is 2.25. The van der Waals surface area contributed by atoms with Crippen LogP contribution in [0.3, 0.4) is 0 Å². The molecule has 0 amide bonds. The first-order valence-electron chi connectivity index (χ1n) is 5.71. The monoisotopic (exact) mass is 223 g/mol. The molecular weight excluding hydrogens is 206 g/mol. The summed E-state index contributed by atoms with van der Waals surface area (Å²) in [6, 6.07) is 6.61. The summed E-state index contributed by atoms with van der Waals surface area (Å²) >= 11 is 6.00. The van der Waals surface area contributed by atoms with Crippen molar-refractivity contribution < 1.29 is 0 Å². The highest BCUT2D eigenvalue weighted by Gasteiger charge is 2.13. The summed E-state index contributed by atoms with van der Waals surface area (Å²) in [5, 5.41) is 0. The fraction of sp³-hybridized carbons (Fsp3) is 0.538. The Labute approximate surface area is 97.0 Å². The molecule has 2 rings (SSSR count). The van der Waals surface area contributed by atoms with Gasteiger partial charge in [0.15, 0.2) is 0 Å². The lowest BCUT2D eigenvalue weighted by molar-refractivity contribution is 0.577. The number of aryl methyl sites for hydroxylation is 1. The van der Waals surface area contributed by atoms with Crippen molar-refractivity contribution >= 4 is 17.3 Å². The van der Waals surface area contributed by atoms with Gasteiger partial charge in [0.05, 0.1) is 0 Å². The van der Waals surface area contributed by atoms with E-state index in [1.54, 1.807) is 0 Å². The van der Waals surface area contributed by atoms with E-state index in [9.17, 15) is 0 Å². The van der Waals surface area contributed by atoms with Crippen LogP contribution in [0.2, 0.25) is 0 Å². The minimum Gasteiger partial charge on any atom is -0.371 e. The Morgan fingerprint density at radius 1 is 1.20 bits per heavy atom. The van der Waals surface area contributed by atoms with E-state index in [0.717, 1.165) is 0 Å². The van der Waals surface area contributed by atoms with Gasteiger partial charge in [-0.3, -0.25) is 0 Å². The van der Waals surface area contributed by atoms with Crippen molar-refractivity contribution in [2.24, 2.45) is 0 Å². The molecule has 0 aliphatic carbocycles. The molecule has 15 heavy (non-hydrogen) atoms. The molecule has 1 saturated heterocycles. The maximum absolute atomic E-state index is 6.00. The van der Waals surface area contributed by atoms with Crippen LogP contribution in [0.25, 0.3) is 0 Å². The maximum atomic E-state index is 6.00. The number of halogens is 1. The van der Waals surface area contributed by atoms with Crippen LogP contribution in [0.15, 0.2) is 18.2 Å². The molecule has 0 bridgehead atoms. The van der Waals surface area contributed by atoms with E-state index in [2.05, 4.69) is 30.0 Å². The molecule has 0 N–H and O–H groups in total. The predicted octanol–water partition coefficient (Wildman–Crippen LogP) is 3.72. The minimum absolute atomic E-state index is 0.619. The zero-order chi connectivity index (χ0) is 10.7. The quantitative estimate of drug-likeness (QED) is 0.691. The fourth-order valence-corrected chi connectivity index (χ4v) is 2.48. The standard InChI is InChI=1S/C13H18ClN/c1-11-5-6-13(12(9-11)10-14)15-7-3-2-4-8-15/h5-6,9H,2-4,7-8,10H2,1H3. The molecule has 1 nitrogen and oxygen atoms in total. The molecule has 1 heterocycles. The second kappa shape index (κ2) is 4.89. The van der Waals surface area contributed by atoms with Crippen LogP contribution in [-0.2, 0) is 5.88 Å². The highest BCUT2D eigenvalue weighted by atomic mass is 35.5. The van der Waals surface area contributed by atoms with Gasteiger partial charge in [-0.15, -0.1) is 11.6 Å². The van der Waals surface area contributed by atoms with Gasteiger partial charge in [-0.05, 0) is 37.8 Å². The van der Waals surface area contributed by atoms with Crippen molar-refractivity contribution in [1.29, 1.82) is 0 Å². The lowest BCUT2D eigenvalue weighted by Gasteiger charge is -2.30. The van der Waals surface area contributed by atoms with Crippen molar-refractivity contribution in [2.75, 3.05) is 18.0 Å². The Kier molecular flexibility index (Phi) is 3.53. The molecule has 1 aliphatic rings. The van der Waals surface area contributed by atoms with E-state index in [4.69, 9.17) is 11.6 Å². The van der Waals surface area contributed by atoms with Crippen LogP contribution in [0.4, 0.5) is 5.69 Å². The lowest BCUT2D eigenvalue weighted by Crippen LogP contribution is -2.30. The highest BCUT2D eigenvalue weighted by molar-refractivity contribution is 6.17. The summed E-state index contributed by atoms with van der Waals surface area (Å²) in [5.74, 6) is 0.619. The van der Waals surface area contributed by atoms with E-state index in [1.165, 1.54) is 49.2 Å². The van der Waals surface area contributed by atoms with Crippen molar-refractivity contribution in [3.05, 3.63) is 29.3 Å². The van der Waals surface area contributed by atoms with Gasteiger partial charge in [0.1, 0.15) is 0 Å². The number of hydrogen-bond acceptors (Lipinski definition) is 1. The first-order chi connectivity index (χ1) is 7.31. The molecular formula is C13H18ClN. The van der Waals surface area contributed by atoms with Gasteiger partial charge in [0.25, 0.3) is 0 Å². The molecule has 0 unspecified atom stereocenters. The molecule has 0 atom stereocenters. The molecule has 1 aliphatic heterocycles. The first kappa shape index (κ1) is 10.8. The van der Waals surface area contributed by atoms with Gasteiger partial charge in [0.2, 0.25) is 0 Å². The van der Waals surface area contributed by atoms with Crippen LogP contribution >= 0.6 is 11.6 Å². The third-order valence-electron chi connectivity index (χ3n) is 3.08. The van der Waals surface area contributed by atoms with E-state index in [0.29, 0.717) is 5.88 Å². The third-order valence-corrected chi connectivity index (χ3v) is 3.36. The number of rotatable bonds is 2. The van der Waals surface area contributed by atoms with Gasteiger partial charge in [-0.25, -0.2) is 0 Å². The Hall–Kier alpha value is -0.690. The number of anilines is 1. The number of nitrogens with zero attached hydrogens (tertiary/aromatic N) is 1. The topological polar surface area (TPSA) is 3.24 Å². The normalized spacial score (nSPS) is 16.8. The molecule has 1 fully saturated rings. The molecule has 82 valence electrons. The van der Waals surface area contributed by atoms with Crippen LogP contribution in [0.5, 0.6) is 0 Å². The number of alkyl halides is 1. The zero-order valence-corrected chi connectivity index (χ0v) is 10.1. The van der Waals surface area contributed by atoms with Gasteiger partial charge < -0.3 is 4.90 Å². The predicted molar refractivity (Wildman–Crippen MR) is 66.8 cm³/mol. The summed E-state index contributed by atoms with van der Waals surface area (Å²) in [7, 11) is 0. The van der Waals surface area contributed by atoms with Crippen LogP contribution in [-0.4, -0.2) is 13.1 Å². The molecule has 1 aromatic rings. The molecule has 0 saturated carbocycles. The van der Waals surface area contributed by atoms with E-state index >= 15 is 0 Å². The minimum atomic E-state index is 0.619. The maximum Gasteiger partial charge on any atom is 0.0494 e. The number of piperidine rings is 1. The second-order valence-corrected chi connectivity index (χ2v) is 4.58. The van der Waals surface area contributed by atoms with Gasteiger partial charge in [-0.1, -0.05) is 17.7 Å². The largest absolute Gasteiger partial charge is 0.371 e. The fourth-order valence-electron chi connectivity index (χ4n) is 2.26. The number of hydrogen-bond donors (Lipinski definition) is 0. The van der Waals surface area contributed by atoms with Crippen LogP contribution in [0, 0.1) is 6.92 Å². The molecule has 2 heteroatoms. The summed E-state index contributed by atoms with van der Waals surface area (Å²) in [6.07, 6.45) is 4.00. The van der Waals surface area contributed by atoms with Crippen LogP contribution < -0.4 is 4.90 Å². The Morgan fingerprint density at radius 3 is 2.60 bits per heavy atom. The van der Waals surface area contributed by atoms with Gasteiger partial charge >= 0.3 is 0 Å². The molecule has 0 aromatic heterocycles. The SMILES string of the molecule is Cc1ccc(N2CCCCC2)c(CCl)c1. The Morgan fingerprint density at radius 2 is 1.93 bits per heavy atom. The molecule has 0 radical (unpaired) electrons. The van der Waals surface area contributed by atoms with Crippen molar-refractivity contribution in [2.45, 2.75) is 32.1 Å². The lowest BCUT2D eigenvalue weighted by atomic mass is 10.1. The van der Waals surface area contributed by atoms with E-state index < -0.39 is 0 Å². The van der Waals surface area contributed by atoms with Crippen molar-refractivity contribution in [3.63, 3.8) is 0 Å². The van der Waals surface area contributed by atoms with Crippen LogP contribution in [0.1, 0.15) is 30.4 Å². The average Bonchev–Trinajstić information content (AvgIpc) is 2.30. The second-order valence-electron chi connectivity index (χ2n) is 4.31. The van der Waals surface area contributed by atoms with E-state index in [1.807, 2.05) is 0 Å². The molecule has 0 spiro atoms. The van der Waals surface area contributed by atoms with Crippen molar-refractivity contribution in [1.82, 2.24) is 0 Å². The van der Waals surface area contributed by atoms with Gasteiger partial charge in [0, 0.05) is 24.7 Å². The van der Waals surface area contributed by atoms with Crippen molar-refractivity contribution in [3.8, 4) is 0 Å².